The van der Waals surface area contributed by atoms with Crippen molar-refractivity contribution >= 4 is 0 Å². The van der Waals surface area contributed by atoms with Gasteiger partial charge in [-0.05, 0) is 11.1 Å². The summed E-state index contributed by atoms with van der Waals surface area (Å²) in [6, 6.07) is 11.2. The molecule has 164 valence electrons. The number of halogens is 6. The van der Waals surface area contributed by atoms with E-state index in [2.05, 4.69) is 5.32 Å². The van der Waals surface area contributed by atoms with Gasteiger partial charge in [-0.25, -0.2) is 0 Å². The number of hydrogen-bond acceptors (Lipinski definition) is 3. The lowest BCUT2D eigenvalue weighted by molar-refractivity contribution is -0.279. The van der Waals surface area contributed by atoms with E-state index < -0.39 is 43.7 Å². The van der Waals surface area contributed by atoms with Crippen LogP contribution in [0.2, 0.25) is 0 Å². The summed E-state index contributed by atoms with van der Waals surface area (Å²) in [7, 11) is 0. The molecule has 3 rings (SSSR count). The maximum Gasteiger partial charge on any atom is 0.406 e. The molecule has 0 spiro atoms. The average Bonchev–Trinajstić information content (AvgIpc) is 2.71. The van der Waals surface area contributed by atoms with E-state index in [0.717, 1.165) is 5.56 Å². The molecule has 3 unspecified atom stereocenters. The minimum Gasteiger partial charge on any atom is -0.377 e. The molecule has 1 N–H and O–H groups in total. The van der Waals surface area contributed by atoms with Gasteiger partial charge in [0.05, 0.1) is 13.2 Å². The van der Waals surface area contributed by atoms with E-state index in [-0.39, 0.29) is 6.54 Å². The Bertz CT molecular complexity index is 760. The minimum atomic E-state index is -4.86. The van der Waals surface area contributed by atoms with Gasteiger partial charge >= 0.3 is 12.4 Å². The van der Waals surface area contributed by atoms with Gasteiger partial charge < -0.3 is 10.1 Å². The second-order valence-corrected chi connectivity index (χ2v) is 7.14. The average molecular weight is 432 g/mol. The Morgan fingerprint density at radius 3 is 1.83 bits per heavy atom. The van der Waals surface area contributed by atoms with Crippen LogP contribution in [0, 0.1) is 0 Å². The molecular weight excluding hydrogens is 410 g/mol. The number of rotatable bonds is 6. The van der Waals surface area contributed by atoms with Gasteiger partial charge in [-0.15, -0.1) is 0 Å². The Morgan fingerprint density at radius 1 is 0.833 bits per heavy atom. The minimum absolute atomic E-state index is 0.0853. The first-order valence-electron chi connectivity index (χ1n) is 9.46. The molecule has 1 aliphatic heterocycles. The van der Waals surface area contributed by atoms with Crippen LogP contribution in [0.3, 0.4) is 0 Å². The van der Waals surface area contributed by atoms with Crippen LogP contribution in [-0.4, -0.2) is 49.1 Å². The van der Waals surface area contributed by atoms with E-state index in [1.807, 2.05) is 30.3 Å². The summed E-state index contributed by atoms with van der Waals surface area (Å²) in [5, 5.41) is 3.02. The lowest BCUT2D eigenvalue weighted by Crippen LogP contribution is -2.64. The van der Waals surface area contributed by atoms with Gasteiger partial charge in [0, 0.05) is 19.1 Å². The van der Waals surface area contributed by atoms with Gasteiger partial charge in [-0.2, -0.15) is 26.3 Å². The molecule has 1 fully saturated rings. The van der Waals surface area contributed by atoms with E-state index in [9.17, 15) is 26.3 Å². The van der Waals surface area contributed by atoms with Gasteiger partial charge in [0.15, 0.2) is 0 Å². The molecule has 30 heavy (non-hydrogen) atoms. The topological polar surface area (TPSA) is 24.5 Å². The number of morpholine rings is 1. The summed E-state index contributed by atoms with van der Waals surface area (Å²) in [5.41, 5.74) is 1.26. The van der Waals surface area contributed by atoms with Crippen molar-refractivity contribution in [3.05, 3.63) is 71.8 Å². The second-order valence-electron chi connectivity index (χ2n) is 7.14. The molecule has 0 amide bonds. The highest BCUT2D eigenvalue weighted by Gasteiger charge is 2.57. The van der Waals surface area contributed by atoms with Crippen LogP contribution in [-0.2, 0) is 11.3 Å². The molecule has 1 saturated heterocycles. The normalized spacial score (nSPS) is 22.1. The molecule has 9 heteroatoms. The monoisotopic (exact) mass is 432 g/mol. The summed E-state index contributed by atoms with van der Waals surface area (Å²) < 4.78 is 87.0. The van der Waals surface area contributed by atoms with Crippen molar-refractivity contribution in [2.45, 2.75) is 37.0 Å². The standard InChI is InChI=1S/C21H22F6N2O/c22-20(23,24)18-13-30-14-19(21(25,26)27)29(18)17(16-9-5-2-6-10-16)12-28-11-15-7-3-1-4-8-15/h1-10,17-19,28H,11-14H2. The molecule has 0 radical (unpaired) electrons. The molecule has 3 nitrogen and oxygen atoms in total. The fourth-order valence-corrected chi connectivity index (χ4v) is 3.66. The molecule has 1 heterocycles. The van der Waals surface area contributed by atoms with Crippen LogP contribution in [0.4, 0.5) is 26.3 Å². The molecule has 3 atom stereocenters. The molecule has 2 aromatic rings. The van der Waals surface area contributed by atoms with Gasteiger partial charge in [-0.3, -0.25) is 4.90 Å². The SMILES string of the molecule is FC(F)(F)C1COCC(C(F)(F)F)N1C(CNCc1ccccc1)c1ccccc1. The Labute approximate surface area is 170 Å². The lowest BCUT2D eigenvalue weighted by Gasteiger charge is -2.47. The highest BCUT2D eigenvalue weighted by molar-refractivity contribution is 5.21. The van der Waals surface area contributed by atoms with E-state index in [1.54, 1.807) is 30.3 Å². The maximum atomic E-state index is 13.7. The van der Waals surface area contributed by atoms with E-state index in [1.165, 1.54) is 0 Å². The zero-order valence-corrected chi connectivity index (χ0v) is 16.0. The van der Waals surface area contributed by atoms with Gasteiger partial charge in [0.1, 0.15) is 12.1 Å². The first kappa shape index (κ1) is 22.6. The van der Waals surface area contributed by atoms with Crippen molar-refractivity contribution in [2.75, 3.05) is 19.8 Å². The number of nitrogens with one attached hydrogen (secondary N) is 1. The van der Waals surface area contributed by atoms with Crippen molar-refractivity contribution in [1.82, 2.24) is 10.2 Å². The predicted molar refractivity (Wildman–Crippen MR) is 99.7 cm³/mol. The van der Waals surface area contributed by atoms with Crippen molar-refractivity contribution in [3.8, 4) is 0 Å². The highest BCUT2D eigenvalue weighted by atomic mass is 19.4. The number of ether oxygens (including phenoxy) is 1. The number of benzene rings is 2. The summed E-state index contributed by atoms with van der Waals surface area (Å²) in [6.45, 7) is -1.43. The van der Waals surface area contributed by atoms with Crippen molar-refractivity contribution in [3.63, 3.8) is 0 Å². The zero-order chi connectivity index (χ0) is 21.8. The van der Waals surface area contributed by atoms with E-state index in [0.29, 0.717) is 17.0 Å². The zero-order valence-electron chi connectivity index (χ0n) is 16.0. The van der Waals surface area contributed by atoms with Crippen LogP contribution in [0.5, 0.6) is 0 Å². The quantitative estimate of drug-likeness (QED) is 0.670. The highest BCUT2D eigenvalue weighted by Crippen LogP contribution is 2.40. The van der Waals surface area contributed by atoms with Crippen LogP contribution in [0.15, 0.2) is 60.7 Å². The van der Waals surface area contributed by atoms with E-state index in [4.69, 9.17) is 4.74 Å². The van der Waals surface area contributed by atoms with Gasteiger partial charge in [0.2, 0.25) is 0 Å². The number of alkyl halides is 6. The lowest BCUT2D eigenvalue weighted by atomic mass is 9.98. The van der Waals surface area contributed by atoms with Gasteiger partial charge in [0.25, 0.3) is 0 Å². The van der Waals surface area contributed by atoms with E-state index >= 15 is 0 Å². The van der Waals surface area contributed by atoms with Crippen molar-refractivity contribution in [2.24, 2.45) is 0 Å². The molecule has 2 aromatic carbocycles. The Balaban J connectivity index is 1.93. The molecule has 0 bridgehead atoms. The van der Waals surface area contributed by atoms with Gasteiger partial charge in [-0.1, -0.05) is 60.7 Å². The molecule has 0 saturated carbocycles. The molecule has 0 aromatic heterocycles. The Morgan fingerprint density at radius 2 is 1.33 bits per heavy atom. The third-order valence-corrected chi connectivity index (χ3v) is 5.08. The van der Waals surface area contributed by atoms with Crippen LogP contribution in [0.25, 0.3) is 0 Å². The third-order valence-electron chi connectivity index (χ3n) is 5.08. The summed E-state index contributed by atoms with van der Waals surface area (Å²) >= 11 is 0. The van der Waals surface area contributed by atoms with Crippen LogP contribution in [0.1, 0.15) is 17.2 Å². The molecule has 0 aliphatic carbocycles. The molecular formula is C21H22F6N2O. The summed E-state index contributed by atoms with van der Waals surface area (Å²) in [6.07, 6.45) is -9.73. The first-order valence-corrected chi connectivity index (χ1v) is 9.46. The van der Waals surface area contributed by atoms with Crippen LogP contribution < -0.4 is 5.32 Å². The summed E-state index contributed by atoms with van der Waals surface area (Å²) in [4.78, 5) is 0.525. The third kappa shape index (κ3) is 5.53. The first-order chi connectivity index (χ1) is 14.2. The number of nitrogens with zero attached hydrogens (tertiary/aromatic N) is 1. The predicted octanol–water partition coefficient (Wildman–Crippen LogP) is 4.71. The van der Waals surface area contributed by atoms with Crippen molar-refractivity contribution in [1.29, 1.82) is 0 Å². The fourth-order valence-electron chi connectivity index (χ4n) is 3.66. The fraction of sp³-hybridized carbons (Fsp3) is 0.429. The second kappa shape index (κ2) is 9.36. The molecule has 1 aliphatic rings. The smallest absolute Gasteiger partial charge is 0.377 e. The number of hydrogen-bond donors (Lipinski definition) is 1. The Kier molecular flexibility index (Phi) is 7.05. The largest absolute Gasteiger partial charge is 0.406 e. The summed E-state index contributed by atoms with van der Waals surface area (Å²) in [5.74, 6) is 0. The van der Waals surface area contributed by atoms with Crippen molar-refractivity contribution < 1.29 is 31.1 Å². The maximum absolute atomic E-state index is 13.7. The van der Waals surface area contributed by atoms with Crippen LogP contribution >= 0.6 is 0 Å². The Hall–Kier alpha value is -2.10.